The fraction of sp³-hybridized carbons (Fsp3) is 0.0667. The average molecular weight is 286 g/mol. The van der Waals surface area contributed by atoms with Crippen molar-refractivity contribution in [2.45, 2.75) is 6.10 Å². The van der Waals surface area contributed by atoms with Crippen LogP contribution in [0.4, 0.5) is 15.8 Å². The summed E-state index contributed by atoms with van der Waals surface area (Å²) in [4.78, 5) is 24.0. The number of anilines is 2. The van der Waals surface area contributed by atoms with Crippen LogP contribution in [0.1, 0.15) is 0 Å². The molecule has 2 aromatic rings. The number of hydrogen-bond donors (Lipinski definition) is 2. The van der Waals surface area contributed by atoms with E-state index in [0.717, 1.165) is 0 Å². The van der Waals surface area contributed by atoms with Gasteiger partial charge in [-0.1, -0.05) is 12.1 Å². The van der Waals surface area contributed by atoms with E-state index in [4.69, 9.17) is 4.74 Å². The second-order valence-electron chi connectivity index (χ2n) is 4.48. The van der Waals surface area contributed by atoms with Gasteiger partial charge in [0.15, 0.2) is 0 Å². The zero-order valence-corrected chi connectivity index (χ0v) is 10.8. The van der Waals surface area contributed by atoms with Gasteiger partial charge in [-0.05, 0) is 36.4 Å². The molecule has 2 aromatic carbocycles. The number of carbonyl (C=O) groups is 2. The monoisotopic (exact) mass is 286 g/mol. The highest BCUT2D eigenvalue weighted by atomic mass is 19.1. The lowest BCUT2D eigenvalue weighted by molar-refractivity contribution is -0.133. The van der Waals surface area contributed by atoms with Crippen LogP contribution in [-0.2, 0) is 9.59 Å². The molecule has 21 heavy (non-hydrogen) atoms. The normalized spacial score (nSPS) is 16.4. The Kier molecular flexibility index (Phi) is 3.27. The number of amides is 2. The fourth-order valence-corrected chi connectivity index (χ4v) is 1.97. The maximum atomic E-state index is 12.8. The lowest BCUT2D eigenvalue weighted by atomic mass is 10.2. The first-order valence-electron chi connectivity index (χ1n) is 6.26. The number of hydrogen-bond acceptors (Lipinski definition) is 3. The van der Waals surface area contributed by atoms with E-state index in [-0.39, 0.29) is 0 Å². The molecule has 0 radical (unpaired) electrons. The number of halogens is 1. The van der Waals surface area contributed by atoms with Crippen molar-refractivity contribution in [3.63, 3.8) is 0 Å². The third kappa shape index (κ3) is 2.69. The molecule has 106 valence electrons. The number of nitrogens with one attached hydrogen (secondary N) is 2. The van der Waals surface area contributed by atoms with Gasteiger partial charge in [0.05, 0.1) is 5.69 Å². The Hall–Kier alpha value is -2.89. The highest BCUT2D eigenvalue weighted by Crippen LogP contribution is 2.29. The van der Waals surface area contributed by atoms with E-state index in [0.29, 0.717) is 17.1 Å². The van der Waals surface area contributed by atoms with E-state index >= 15 is 0 Å². The van der Waals surface area contributed by atoms with Crippen LogP contribution in [0.2, 0.25) is 0 Å². The summed E-state index contributed by atoms with van der Waals surface area (Å²) >= 11 is 0. The molecule has 1 heterocycles. The highest BCUT2D eigenvalue weighted by Gasteiger charge is 2.33. The Bertz CT molecular complexity index is 700. The molecule has 0 saturated carbocycles. The average Bonchev–Trinajstić information content (AvgIpc) is 2.49. The largest absolute Gasteiger partial charge is 0.468 e. The highest BCUT2D eigenvalue weighted by molar-refractivity contribution is 6.15. The van der Waals surface area contributed by atoms with Gasteiger partial charge < -0.3 is 15.4 Å². The van der Waals surface area contributed by atoms with Crippen molar-refractivity contribution in [1.82, 2.24) is 0 Å². The first-order valence-corrected chi connectivity index (χ1v) is 6.26. The summed E-state index contributed by atoms with van der Waals surface area (Å²) in [5.41, 5.74) is 0.907. The minimum atomic E-state index is -1.29. The van der Waals surface area contributed by atoms with Gasteiger partial charge in [0.25, 0.3) is 17.9 Å². The van der Waals surface area contributed by atoms with Crippen molar-refractivity contribution < 1.29 is 18.7 Å². The molecule has 0 saturated heterocycles. The predicted molar refractivity (Wildman–Crippen MR) is 74.5 cm³/mol. The molecular weight excluding hydrogens is 275 g/mol. The summed E-state index contributed by atoms with van der Waals surface area (Å²) in [5.74, 6) is -1.15. The smallest absolute Gasteiger partial charge is 0.275 e. The summed E-state index contributed by atoms with van der Waals surface area (Å²) in [5, 5.41) is 5.11. The van der Waals surface area contributed by atoms with E-state index < -0.39 is 23.7 Å². The number of rotatable bonds is 2. The quantitative estimate of drug-likeness (QED) is 0.831. The van der Waals surface area contributed by atoms with Crippen LogP contribution in [0.15, 0.2) is 48.5 Å². The van der Waals surface area contributed by atoms with Crippen LogP contribution in [0.3, 0.4) is 0 Å². The maximum absolute atomic E-state index is 12.8. The molecule has 5 nitrogen and oxygen atoms in total. The summed E-state index contributed by atoms with van der Waals surface area (Å²) in [7, 11) is 0. The first-order chi connectivity index (χ1) is 10.1. The van der Waals surface area contributed by atoms with E-state index in [1.807, 2.05) is 0 Å². The molecule has 2 N–H and O–H groups in total. The molecule has 0 bridgehead atoms. The summed E-state index contributed by atoms with van der Waals surface area (Å²) in [6.45, 7) is 0. The van der Waals surface area contributed by atoms with Gasteiger partial charge in [-0.15, -0.1) is 0 Å². The lowest BCUT2D eigenvalue weighted by Crippen LogP contribution is -2.45. The summed E-state index contributed by atoms with van der Waals surface area (Å²) < 4.78 is 18.2. The first kappa shape index (κ1) is 13.1. The number of ether oxygens (including phenoxy) is 1. The molecule has 1 aliphatic heterocycles. The molecule has 3 rings (SSSR count). The summed E-state index contributed by atoms with van der Waals surface area (Å²) in [6.07, 6.45) is -1.29. The molecule has 0 fully saturated rings. The van der Waals surface area contributed by atoms with Gasteiger partial charge in [0, 0.05) is 5.69 Å². The van der Waals surface area contributed by atoms with Crippen molar-refractivity contribution in [1.29, 1.82) is 0 Å². The molecular formula is C15H11FN2O3. The zero-order valence-electron chi connectivity index (χ0n) is 10.8. The Balaban J connectivity index is 1.76. The number of carbonyl (C=O) groups excluding carboxylic acids is 2. The standard InChI is InChI=1S/C15H11FN2O3/c16-9-5-7-10(8-6-9)17-14(19)13-15(20)18-11-3-1-2-4-12(11)21-13/h1-8,13H,(H,17,19)(H,18,20)/t13-/m0/s1. The number of para-hydroxylation sites is 2. The van der Waals surface area contributed by atoms with Crippen molar-refractivity contribution in [2.24, 2.45) is 0 Å². The van der Waals surface area contributed by atoms with Crippen molar-refractivity contribution in [3.8, 4) is 5.75 Å². The lowest BCUT2D eigenvalue weighted by Gasteiger charge is -2.24. The molecule has 0 spiro atoms. The second kappa shape index (κ2) is 5.24. The van der Waals surface area contributed by atoms with Crippen molar-refractivity contribution in [3.05, 3.63) is 54.3 Å². The topological polar surface area (TPSA) is 67.4 Å². The SMILES string of the molecule is O=C(Nc1ccc(F)cc1)[C@@H]1Oc2ccccc2NC1=O. The number of fused-ring (bicyclic) bond motifs is 1. The van der Waals surface area contributed by atoms with Gasteiger partial charge in [0.2, 0.25) is 0 Å². The molecule has 6 heteroatoms. The molecule has 1 aliphatic rings. The van der Waals surface area contributed by atoms with Gasteiger partial charge in [-0.2, -0.15) is 0 Å². The van der Waals surface area contributed by atoms with E-state index in [9.17, 15) is 14.0 Å². The van der Waals surface area contributed by atoms with Gasteiger partial charge in [-0.3, -0.25) is 9.59 Å². The molecule has 0 aliphatic carbocycles. The van der Waals surface area contributed by atoms with Crippen LogP contribution < -0.4 is 15.4 Å². The van der Waals surface area contributed by atoms with Crippen LogP contribution in [-0.4, -0.2) is 17.9 Å². The third-order valence-corrected chi connectivity index (χ3v) is 2.98. The second-order valence-corrected chi connectivity index (χ2v) is 4.48. The third-order valence-electron chi connectivity index (χ3n) is 2.98. The van der Waals surface area contributed by atoms with E-state index in [1.54, 1.807) is 24.3 Å². The van der Waals surface area contributed by atoms with E-state index in [2.05, 4.69) is 10.6 Å². The molecule has 1 atom stereocenters. The zero-order chi connectivity index (χ0) is 14.8. The van der Waals surface area contributed by atoms with Crippen molar-refractivity contribution >= 4 is 23.2 Å². The Morgan fingerprint density at radius 1 is 1.14 bits per heavy atom. The predicted octanol–water partition coefficient (Wildman–Crippen LogP) is 2.16. The molecule has 0 unspecified atom stereocenters. The minimum absolute atomic E-state index is 0.386. The van der Waals surface area contributed by atoms with Gasteiger partial charge in [-0.25, -0.2) is 4.39 Å². The van der Waals surface area contributed by atoms with Crippen LogP contribution in [0, 0.1) is 5.82 Å². The van der Waals surface area contributed by atoms with Gasteiger partial charge >= 0.3 is 0 Å². The van der Waals surface area contributed by atoms with E-state index in [1.165, 1.54) is 24.3 Å². The van der Waals surface area contributed by atoms with Crippen LogP contribution in [0.25, 0.3) is 0 Å². The van der Waals surface area contributed by atoms with Gasteiger partial charge in [0.1, 0.15) is 11.6 Å². The fourth-order valence-electron chi connectivity index (χ4n) is 1.97. The number of benzene rings is 2. The molecule has 0 aromatic heterocycles. The summed E-state index contributed by atoms with van der Waals surface area (Å²) in [6, 6.07) is 12.1. The Morgan fingerprint density at radius 3 is 2.62 bits per heavy atom. The minimum Gasteiger partial charge on any atom is -0.468 e. The Labute approximate surface area is 119 Å². The molecule has 2 amide bonds. The van der Waals surface area contributed by atoms with Crippen LogP contribution in [0.5, 0.6) is 5.75 Å². The Morgan fingerprint density at radius 2 is 1.86 bits per heavy atom. The van der Waals surface area contributed by atoms with Crippen molar-refractivity contribution in [2.75, 3.05) is 10.6 Å². The van der Waals surface area contributed by atoms with Crippen LogP contribution >= 0.6 is 0 Å². The maximum Gasteiger partial charge on any atom is 0.275 e.